The van der Waals surface area contributed by atoms with Crippen LogP contribution in [0.15, 0.2) is 83.9 Å². The third-order valence-corrected chi connectivity index (χ3v) is 6.67. The van der Waals surface area contributed by atoms with Crippen LogP contribution in [0, 0.1) is 25.2 Å². The summed E-state index contributed by atoms with van der Waals surface area (Å²) in [5.41, 5.74) is 6.81. The molecule has 0 unspecified atom stereocenters. The highest BCUT2D eigenvalue weighted by atomic mass is 32.2. The summed E-state index contributed by atoms with van der Waals surface area (Å²) < 4.78 is 5.28. The molecule has 0 radical (unpaired) electrons. The average molecular weight is 480 g/mol. The number of benzene rings is 3. The lowest BCUT2D eigenvalue weighted by atomic mass is 9.99. The molecule has 6 heteroatoms. The van der Waals surface area contributed by atoms with Crippen molar-refractivity contribution in [1.29, 1.82) is 5.26 Å². The quantitative estimate of drug-likeness (QED) is 0.301. The molecule has 0 fully saturated rings. The fourth-order valence-electron chi connectivity index (χ4n) is 3.64. The summed E-state index contributed by atoms with van der Waals surface area (Å²) in [7, 11) is 1.62. The van der Waals surface area contributed by atoms with Gasteiger partial charge in [-0.25, -0.2) is 4.98 Å². The zero-order chi connectivity index (χ0) is 24.8. The molecule has 0 bridgehead atoms. The first-order valence-corrected chi connectivity index (χ1v) is 12.1. The van der Waals surface area contributed by atoms with E-state index >= 15 is 0 Å². The molecule has 0 aliphatic rings. The van der Waals surface area contributed by atoms with E-state index in [0.29, 0.717) is 10.6 Å². The number of thioether (sulfide) groups is 1. The first-order chi connectivity index (χ1) is 17.0. The molecule has 4 aromatic rings. The molecule has 1 aromatic heterocycles. The zero-order valence-electron chi connectivity index (χ0n) is 19.8. The number of carbonyl (C=O) groups excluding carboxylic acids is 1. The van der Waals surface area contributed by atoms with Crippen LogP contribution in [0.4, 0.5) is 5.69 Å². The number of pyridine rings is 1. The Kier molecular flexibility index (Phi) is 7.49. The number of ether oxygens (including phenoxy) is 1. The van der Waals surface area contributed by atoms with Crippen molar-refractivity contribution >= 4 is 23.4 Å². The van der Waals surface area contributed by atoms with E-state index in [0.717, 1.165) is 39.4 Å². The second kappa shape index (κ2) is 10.9. The van der Waals surface area contributed by atoms with Crippen LogP contribution in [0.1, 0.15) is 16.7 Å². The van der Waals surface area contributed by atoms with E-state index in [4.69, 9.17) is 9.72 Å². The predicted octanol–water partition coefficient (Wildman–Crippen LogP) is 6.64. The molecule has 0 aliphatic heterocycles. The molecule has 0 atom stereocenters. The topological polar surface area (TPSA) is 75.0 Å². The Labute approximate surface area is 209 Å². The van der Waals surface area contributed by atoms with Gasteiger partial charge in [0.1, 0.15) is 16.8 Å². The summed E-state index contributed by atoms with van der Waals surface area (Å²) >= 11 is 1.26. The van der Waals surface area contributed by atoms with E-state index in [-0.39, 0.29) is 11.7 Å². The van der Waals surface area contributed by atoms with Gasteiger partial charge in [0.25, 0.3) is 0 Å². The molecule has 0 saturated heterocycles. The van der Waals surface area contributed by atoms with Crippen LogP contribution in [-0.4, -0.2) is 23.8 Å². The van der Waals surface area contributed by atoms with Gasteiger partial charge in [-0.1, -0.05) is 60.3 Å². The molecule has 35 heavy (non-hydrogen) atoms. The second-order valence-corrected chi connectivity index (χ2v) is 9.04. The Balaban J connectivity index is 1.67. The first-order valence-electron chi connectivity index (χ1n) is 11.1. The minimum absolute atomic E-state index is 0.134. The number of hydrogen-bond acceptors (Lipinski definition) is 5. The molecule has 4 rings (SSSR count). The van der Waals surface area contributed by atoms with E-state index in [9.17, 15) is 10.1 Å². The van der Waals surface area contributed by atoms with Crippen LogP contribution in [0.3, 0.4) is 0 Å². The largest absolute Gasteiger partial charge is 0.497 e. The van der Waals surface area contributed by atoms with Crippen molar-refractivity contribution in [3.05, 3.63) is 95.6 Å². The Morgan fingerprint density at radius 1 is 0.971 bits per heavy atom. The molecule has 3 aromatic carbocycles. The SMILES string of the molecule is COc1ccc(-c2cc(-c3ccccc3)nc(SCC(=O)Nc3ccc(C)c(C)c3)c2C#N)cc1. The molecule has 1 N–H and O–H groups in total. The Morgan fingerprint density at radius 2 is 1.71 bits per heavy atom. The molecule has 0 aliphatic carbocycles. The standard InChI is InChI=1S/C29H25N3O2S/c1-19-9-12-23(15-20(19)2)31-28(33)18-35-29-26(17-30)25(21-10-13-24(34-3)14-11-21)16-27(32-29)22-7-5-4-6-8-22/h4-16H,18H2,1-3H3,(H,31,33). The molecule has 1 amide bonds. The lowest BCUT2D eigenvalue weighted by Gasteiger charge is -2.13. The maximum Gasteiger partial charge on any atom is 0.234 e. The van der Waals surface area contributed by atoms with E-state index in [1.165, 1.54) is 17.3 Å². The lowest BCUT2D eigenvalue weighted by Crippen LogP contribution is -2.14. The van der Waals surface area contributed by atoms with Gasteiger partial charge in [0.2, 0.25) is 5.91 Å². The number of nitrogens with zero attached hydrogens (tertiary/aromatic N) is 2. The van der Waals surface area contributed by atoms with Gasteiger partial charge in [0.15, 0.2) is 0 Å². The summed E-state index contributed by atoms with van der Waals surface area (Å²) in [5.74, 6) is 0.719. The van der Waals surface area contributed by atoms with Gasteiger partial charge in [0, 0.05) is 16.8 Å². The monoisotopic (exact) mass is 479 g/mol. The number of rotatable bonds is 7. The summed E-state index contributed by atoms with van der Waals surface area (Å²) in [6, 6.07) is 27.4. The average Bonchev–Trinajstić information content (AvgIpc) is 2.89. The lowest BCUT2D eigenvalue weighted by molar-refractivity contribution is -0.113. The number of anilines is 1. The second-order valence-electron chi connectivity index (χ2n) is 8.08. The first kappa shape index (κ1) is 24.1. The van der Waals surface area contributed by atoms with Crippen LogP contribution in [-0.2, 0) is 4.79 Å². The van der Waals surface area contributed by atoms with Crippen LogP contribution >= 0.6 is 11.8 Å². The fourth-order valence-corrected chi connectivity index (χ4v) is 4.44. The molecule has 174 valence electrons. The summed E-state index contributed by atoms with van der Waals surface area (Å²) in [5, 5.41) is 13.5. The van der Waals surface area contributed by atoms with Crippen LogP contribution in [0.5, 0.6) is 5.75 Å². The zero-order valence-corrected chi connectivity index (χ0v) is 20.6. The highest BCUT2D eigenvalue weighted by Gasteiger charge is 2.17. The number of nitriles is 1. The highest BCUT2D eigenvalue weighted by molar-refractivity contribution is 8.00. The molecule has 0 spiro atoms. The van der Waals surface area contributed by atoms with E-state index in [1.807, 2.05) is 92.7 Å². The highest BCUT2D eigenvalue weighted by Crippen LogP contribution is 2.35. The molecular formula is C29H25N3O2S. The van der Waals surface area contributed by atoms with Crippen LogP contribution in [0.2, 0.25) is 0 Å². The summed E-state index contributed by atoms with van der Waals surface area (Å²) in [4.78, 5) is 17.5. The van der Waals surface area contributed by atoms with Gasteiger partial charge < -0.3 is 10.1 Å². The number of amides is 1. The van der Waals surface area contributed by atoms with Crippen LogP contribution < -0.4 is 10.1 Å². The van der Waals surface area contributed by atoms with Crippen molar-refractivity contribution in [2.24, 2.45) is 0 Å². The van der Waals surface area contributed by atoms with Crippen molar-refractivity contribution in [1.82, 2.24) is 4.98 Å². The molecule has 5 nitrogen and oxygen atoms in total. The smallest absolute Gasteiger partial charge is 0.234 e. The van der Waals surface area contributed by atoms with Crippen LogP contribution in [0.25, 0.3) is 22.4 Å². The van der Waals surface area contributed by atoms with Crippen molar-refractivity contribution in [2.45, 2.75) is 18.9 Å². The van der Waals surface area contributed by atoms with E-state index in [1.54, 1.807) is 7.11 Å². The van der Waals surface area contributed by atoms with E-state index in [2.05, 4.69) is 11.4 Å². The third-order valence-electron chi connectivity index (χ3n) is 5.70. The minimum atomic E-state index is -0.153. The normalized spacial score (nSPS) is 10.5. The van der Waals surface area contributed by atoms with Gasteiger partial charge in [-0.3, -0.25) is 4.79 Å². The van der Waals surface area contributed by atoms with Gasteiger partial charge in [0.05, 0.1) is 24.1 Å². The Hall–Kier alpha value is -4.08. The number of methoxy groups -OCH3 is 1. The van der Waals surface area contributed by atoms with Gasteiger partial charge in [-0.15, -0.1) is 0 Å². The van der Waals surface area contributed by atoms with Crippen molar-refractivity contribution in [2.75, 3.05) is 18.2 Å². The Morgan fingerprint density at radius 3 is 2.37 bits per heavy atom. The summed E-state index contributed by atoms with van der Waals surface area (Å²) in [6.07, 6.45) is 0. The van der Waals surface area contributed by atoms with E-state index < -0.39 is 0 Å². The number of aryl methyl sites for hydroxylation is 2. The maximum absolute atomic E-state index is 12.7. The summed E-state index contributed by atoms with van der Waals surface area (Å²) in [6.45, 7) is 4.05. The third kappa shape index (κ3) is 5.71. The van der Waals surface area contributed by atoms with Crippen molar-refractivity contribution in [3.8, 4) is 34.2 Å². The van der Waals surface area contributed by atoms with Gasteiger partial charge >= 0.3 is 0 Å². The van der Waals surface area contributed by atoms with Gasteiger partial charge in [-0.2, -0.15) is 5.26 Å². The molecule has 1 heterocycles. The fraction of sp³-hybridized carbons (Fsp3) is 0.138. The number of aromatic nitrogens is 1. The minimum Gasteiger partial charge on any atom is -0.497 e. The maximum atomic E-state index is 12.7. The Bertz CT molecular complexity index is 1390. The molecular weight excluding hydrogens is 454 g/mol. The van der Waals surface area contributed by atoms with Crippen molar-refractivity contribution < 1.29 is 9.53 Å². The number of nitrogens with one attached hydrogen (secondary N) is 1. The number of carbonyl (C=O) groups is 1. The number of hydrogen-bond donors (Lipinski definition) is 1. The predicted molar refractivity (Wildman–Crippen MR) is 142 cm³/mol. The molecule has 0 saturated carbocycles. The van der Waals surface area contributed by atoms with Crippen molar-refractivity contribution in [3.63, 3.8) is 0 Å². The van der Waals surface area contributed by atoms with Gasteiger partial charge in [-0.05, 0) is 60.9 Å².